The van der Waals surface area contributed by atoms with Crippen molar-refractivity contribution < 1.29 is 18.4 Å². The Kier molecular flexibility index (Phi) is 5.93. The van der Waals surface area contributed by atoms with Gasteiger partial charge in [-0.1, -0.05) is 48.5 Å². The van der Waals surface area contributed by atoms with E-state index in [2.05, 4.69) is 10.6 Å². The van der Waals surface area contributed by atoms with Gasteiger partial charge >= 0.3 is 13.6 Å². The average molecular weight is 334 g/mol. The number of carbonyl (C=O) groups excluding carboxylic acids is 1. The summed E-state index contributed by atoms with van der Waals surface area (Å²) in [6.07, 6.45) is 0. The first-order valence-corrected chi connectivity index (χ1v) is 8.59. The summed E-state index contributed by atoms with van der Waals surface area (Å²) in [5.74, 6) is -0.914. The molecule has 2 rings (SSSR count). The molecule has 0 fully saturated rings. The number of nitrogens with one attached hydrogen (secondary N) is 2. The maximum absolute atomic E-state index is 12.8. The monoisotopic (exact) mass is 334 g/mol. The minimum absolute atomic E-state index is 0.501. The van der Waals surface area contributed by atoms with Gasteiger partial charge in [0, 0.05) is 19.9 Å². The lowest BCUT2D eigenvalue weighted by molar-refractivity contribution is 0.240. The molecule has 0 aromatic heterocycles. The highest BCUT2D eigenvalue weighted by atomic mass is 31.2. The Balaban J connectivity index is 2.21. The quantitative estimate of drug-likeness (QED) is 0.783. The summed E-state index contributed by atoms with van der Waals surface area (Å²) in [5.41, 5.74) is 1.25. The third-order valence-electron chi connectivity index (χ3n) is 3.24. The van der Waals surface area contributed by atoms with E-state index in [9.17, 15) is 9.36 Å². The molecule has 0 radical (unpaired) electrons. The van der Waals surface area contributed by atoms with Gasteiger partial charge in [0.05, 0.1) is 0 Å². The molecule has 0 saturated carbocycles. The number of carbonyl (C=O) groups is 1. The topological polar surface area (TPSA) is 76.7 Å². The molecule has 2 aromatic carbocycles. The van der Waals surface area contributed by atoms with Gasteiger partial charge in [-0.3, -0.25) is 4.57 Å². The number of amides is 2. The summed E-state index contributed by atoms with van der Waals surface area (Å²) in [5, 5.41) is 5.34. The third-order valence-corrected chi connectivity index (χ3v) is 5.32. The van der Waals surface area contributed by atoms with E-state index in [0.717, 1.165) is 0 Å². The summed E-state index contributed by atoms with van der Waals surface area (Å²) in [6.45, 7) is 0. The zero-order chi connectivity index (χ0) is 16.7. The first-order valence-electron chi connectivity index (χ1n) is 6.98. The van der Waals surface area contributed by atoms with E-state index in [0.29, 0.717) is 11.3 Å². The maximum atomic E-state index is 12.8. The highest BCUT2D eigenvalue weighted by Gasteiger charge is 2.36. The summed E-state index contributed by atoms with van der Waals surface area (Å²) in [4.78, 5) is 12.2. The van der Waals surface area contributed by atoms with Crippen molar-refractivity contribution in [3.05, 3.63) is 66.2 Å². The van der Waals surface area contributed by atoms with Crippen molar-refractivity contribution in [2.24, 2.45) is 0 Å². The SMILES string of the molecule is COP(=O)(OC)[C@@H](NC(=O)Nc1ccccc1)c1ccccc1. The number of urea groups is 1. The minimum Gasteiger partial charge on any atom is -0.320 e. The van der Waals surface area contributed by atoms with E-state index >= 15 is 0 Å². The lowest BCUT2D eigenvalue weighted by Crippen LogP contribution is -2.33. The summed E-state index contributed by atoms with van der Waals surface area (Å²) >= 11 is 0. The molecule has 0 unspecified atom stereocenters. The number of rotatable bonds is 6. The van der Waals surface area contributed by atoms with Gasteiger partial charge in [-0.2, -0.15) is 0 Å². The van der Waals surface area contributed by atoms with Gasteiger partial charge in [-0.15, -0.1) is 0 Å². The van der Waals surface area contributed by atoms with Crippen LogP contribution < -0.4 is 10.6 Å². The highest BCUT2D eigenvalue weighted by molar-refractivity contribution is 7.54. The molecular weight excluding hydrogens is 315 g/mol. The first-order chi connectivity index (χ1) is 11.1. The maximum Gasteiger partial charge on any atom is 0.356 e. The Hall–Kier alpha value is -2.14. The minimum atomic E-state index is -3.54. The Bertz CT molecular complexity index is 671. The molecule has 0 heterocycles. The number of benzene rings is 2. The summed E-state index contributed by atoms with van der Waals surface area (Å²) in [7, 11) is -0.966. The van der Waals surface area contributed by atoms with Crippen molar-refractivity contribution in [2.75, 3.05) is 19.5 Å². The van der Waals surface area contributed by atoms with Crippen LogP contribution in [0.3, 0.4) is 0 Å². The van der Waals surface area contributed by atoms with Gasteiger partial charge in [0.1, 0.15) is 0 Å². The van der Waals surface area contributed by atoms with Crippen LogP contribution in [0.1, 0.15) is 11.3 Å². The van der Waals surface area contributed by atoms with Gasteiger partial charge < -0.3 is 19.7 Å². The molecule has 2 aromatic rings. The van der Waals surface area contributed by atoms with E-state index in [1.54, 1.807) is 48.5 Å². The Morgan fingerprint density at radius 1 is 0.957 bits per heavy atom. The predicted octanol–water partition coefficient (Wildman–Crippen LogP) is 3.99. The van der Waals surface area contributed by atoms with Gasteiger partial charge in [0.2, 0.25) is 0 Å². The molecule has 122 valence electrons. The Morgan fingerprint density at radius 3 is 2.00 bits per heavy atom. The molecule has 0 saturated heterocycles. The predicted molar refractivity (Wildman–Crippen MR) is 89.4 cm³/mol. The molecule has 0 aliphatic heterocycles. The van der Waals surface area contributed by atoms with E-state index in [-0.39, 0.29) is 0 Å². The molecule has 1 atom stereocenters. The highest BCUT2D eigenvalue weighted by Crippen LogP contribution is 2.58. The molecule has 6 nitrogen and oxygen atoms in total. The number of anilines is 1. The fourth-order valence-corrected chi connectivity index (χ4v) is 3.46. The van der Waals surface area contributed by atoms with Crippen LogP contribution >= 0.6 is 7.60 Å². The van der Waals surface area contributed by atoms with Gasteiger partial charge in [0.15, 0.2) is 5.78 Å². The van der Waals surface area contributed by atoms with Crippen LogP contribution in [0.5, 0.6) is 0 Å². The Morgan fingerprint density at radius 2 is 1.48 bits per heavy atom. The molecule has 7 heteroatoms. The zero-order valence-electron chi connectivity index (χ0n) is 12.9. The van der Waals surface area contributed by atoms with Crippen LogP contribution in [0.15, 0.2) is 60.7 Å². The summed E-state index contributed by atoms with van der Waals surface area (Å²) in [6, 6.07) is 17.4. The first kappa shape index (κ1) is 17.2. The molecular formula is C16H19N2O4P. The lowest BCUT2D eigenvalue weighted by atomic mass is 10.2. The van der Waals surface area contributed by atoms with Gasteiger partial charge in [-0.25, -0.2) is 4.79 Å². The smallest absolute Gasteiger partial charge is 0.320 e. The fourth-order valence-electron chi connectivity index (χ4n) is 2.08. The van der Waals surface area contributed by atoms with Crippen LogP contribution in [-0.2, 0) is 13.6 Å². The van der Waals surface area contributed by atoms with E-state index in [1.807, 2.05) is 12.1 Å². The van der Waals surface area contributed by atoms with Crippen LogP contribution in [0.2, 0.25) is 0 Å². The second-order valence-corrected chi connectivity index (χ2v) is 7.01. The normalized spacial score (nSPS) is 12.4. The molecule has 0 spiro atoms. The van der Waals surface area contributed by atoms with Gasteiger partial charge in [0.25, 0.3) is 0 Å². The lowest BCUT2D eigenvalue weighted by Gasteiger charge is -2.25. The van der Waals surface area contributed by atoms with Crippen molar-refractivity contribution in [1.29, 1.82) is 0 Å². The number of hydrogen-bond donors (Lipinski definition) is 2. The van der Waals surface area contributed by atoms with E-state index in [4.69, 9.17) is 9.05 Å². The summed E-state index contributed by atoms with van der Waals surface area (Å²) < 4.78 is 22.8. The molecule has 2 N–H and O–H groups in total. The fraction of sp³-hybridized carbons (Fsp3) is 0.188. The van der Waals surface area contributed by atoms with E-state index in [1.165, 1.54) is 14.2 Å². The van der Waals surface area contributed by atoms with Crippen molar-refractivity contribution >= 4 is 19.3 Å². The Labute approximate surface area is 135 Å². The van der Waals surface area contributed by atoms with Crippen LogP contribution in [0.4, 0.5) is 10.5 Å². The van der Waals surface area contributed by atoms with Crippen molar-refractivity contribution in [3.8, 4) is 0 Å². The molecule has 23 heavy (non-hydrogen) atoms. The zero-order valence-corrected chi connectivity index (χ0v) is 13.8. The van der Waals surface area contributed by atoms with Gasteiger partial charge in [-0.05, 0) is 17.7 Å². The van der Waals surface area contributed by atoms with Crippen molar-refractivity contribution in [1.82, 2.24) is 5.32 Å². The molecule has 0 aliphatic carbocycles. The number of hydrogen-bond acceptors (Lipinski definition) is 4. The second-order valence-electron chi connectivity index (χ2n) is 4.68. The molecule has 0 bridgehead atoms. The van der Waals surface area contributed by atoms with Crippen molar-refractivity contribution in [2.45, 2.75) is 5.78 Å². The van der Waals surface area contributed by atoms with Crippen LogP contribution in [0.25, 0.3) is 0 Å². The van der Waals surface area contributed by atoms with Crippen LogP contribution in [0, 0.1) is 0 Å². The molecule has 0 aliphatic rings. The average Bonchev–Trinajstić information content (AvgIpc) is 2.60. The number of para-hydroxylation sites is 1. The standard InChI is InChI=1S/C16H19N2O4P/c1-21-23(20,22-2)15(13-9-5-3-6-10-13)18-16(19)17-14-11-7-4-8-12-14/h3-12,15H,1-2H3,(H2,17,18,19)/t15-/m1/s1. The van der Waals surface area contributed by atoms with E-state index < -0.39 is 19.4 Å². The second kappa shape index (κ2) is 7.92. The largest absolute Gasteiger partial charge is 0.356 e. The molecule has 2 amide bonds. The third kappa shape index (κ3) is 4.42. The van der Waals surface area contributed by atoms with Crippen LogP contribution in [-0.4, -0.2) is 20.3 Å². The van der Waals surface area contributed by atoms with Crippen molar-refractivity contribution in [3.63, 3.8) is 0 Å².